The van der Waals surface area contributed by atoms with Crippen LogP contribution in [-0.2, 0) is 4.79 Å². The third-order valence-electron chi connectivity index (χ3n) is 3.22. The number of piperidine rings is 1. The molecular formula is C10H18N2O3. The summed E-state index contributed by atoms with van der Waals surface area (Å²) in [5.41, 5.74) is 0. The van der Waals surface area contributed by atoms with Crippen LogP contribution in [0.5, 0.6) is 0 Å². The molecule has 0 unspecified atom stereocenters. The Morgan fingerprint density at radius 2 is 1.93 bits per heavy atom. The van der Waals surface area contributed by atoms with Crippen molar-refractivity contribution in [3.8, 4) is 0 Å². The van der Waals surface area contributed by atoms with Crippen LogP contribution in [0.25, 0.3) is 0 Å². The first-order chi connectivity index (χ1) is 7.18. The van der Waals surface area contributed by atoms with Gasteiger partial charge in [0, 0.05) is 19.6 Å². The number of likely N-dealkylation sites (tertiary alicyclic amines) is 1. The van der Waals surface area contributed by atoms with Gasteiger partial charge in [0.15, 0.2) is 0 Å². The molecule has 2 aliphatic rings. The van der Waals surface area contributed by atoms with Crippen LogP contribution in [0.3, 0.4) is 0 Å². The topological polar surface area (TPSA) is 72.8 Å². The second-order valence-corrected chi connectivity index (χ2v) is 4.42. The zero-order chi connectivity index (χ0) is 10.8. The van der Waals surface area contributed by atoms with E-state index in [1.165, 1.54) is 0 Å². The van der Waals surface area contributed by atoms with Gasteiger partial charge in [0.1, 0.15) is 0 Å². The van der Waals surface area contributed by atoms with Crippen LogP contribution >= 0.6 is 0 Å². The van der Waals surface area contributed by atoms with Crippen molar-refractivity contribution in [3.63, 3.8) is 0 Å². The minimum Gasteiger partial charge on any atom is -0.388 e. The third kappa shape index (κ3) is 2.30. The first kappa shape index (κ1) is 10.9. The van der Waals surface area contributed by atoms with Gasteiger partial charge in [-0.15, -0.1) is 0 Å². The number of hydrogen-bond acceptors (Lipinski definition) is 4. The fourth-order valence-corrected chi connectivity index (χ4v) is 2.27. The average molecular weight is 214 g/mol. The second-order valence-electron chi connectivity index (χ2n) is 4.42. The normalized spacial score (nSPS) is 36.9. The lowest BCUT2D eigenvalue weighted by Gasteiger charge is -2.26. The Labute approximate surface area is 89.1 Å². The molecule has 5 heteroatoms. The summed E-state index contributed by atoms with van der Waals surface area (Å²) in [6.45, 7) is 2.25. The van der Waals surface area contributed by atoms with Crippen molar-refractivity contribution in [2.45, 2.75) is 25.0 Å². The Bertz CT molecular complexity index is 231. The maximum absolute atomic E-state index is 12.0. The lowest BCUT2D eigenvalue weighted by molar-refractivity contribution is -0.135. The SMILES string of the molecule is O=C([C@H]1CCCNC1)N1C[C@@H](O)[C@@H](O)C1. The molecule has 0 saturated carbocycles. The van der Waals surface area contributed by atoms with Gasteiger partial charge in [0.25, 0.3) is 0 Å². The van der Waals surface area contributed by atoms with Gasteiger partial charge >= 0.3 is 0 Å². The number of hydrogen-bond donors (Lipinski definition) is 3. The van der Waals surface area contributed by atoms with Crippen molar-refractivity contribution in [2.24, 2.45) is 5.92 Å². The molecule has 0 aliphatic carbocycles. The van der Waals surface area contributed by atoms with Crippen LogP contribution < -0.4 is 5.32 Å². The van der Waals surface area contributed by atoms with Gasteiger partial charge in [-0.25, -0.2) is 0 Å². The number of aliphatic hydroxyl groups excluding tert-OH is 2. The maximum Gasteiger partial charge on any atom is 0.227 e. The number of carbonyl (C=O) groups is 1. The molecule has 0 radical (unpaired) electrons. The molecule has 2 rings (SSSR count). The van der Waals surface area contributed by atoms with E-state index < -0.39 is 12.2 Å². The molecule has 2 heterocycles. The molecule has 2 aliphatic heterocycles. The number of nitrogens with one attached hydrogen (secondary N) is 1. The van der Waals surface area contributed by atoms with Gasteiger partial charge < -0.3 is 20.4 Å². The van der Waals surface area contributed by atoms with Crippen molar-refractivity contribution in [1.29, 1.82) is 0 Å². The van der Waals surface area contributed by atoms with E-state index in [0.717, 1.165) is 25.9 Å². The smallest absolute Gasteiger partial charge is 0.227 e. The van der Waals surface area contributed by atoms with Crippen LogP contribution in [0.2, 0.25) is 0 Å². The Morgan fingerprint density at radius 3 is 2.47 bits per heavy atom. The van der Waals surface area contributed by atoms with Gasteiger partial charge in [-0.05, 0) is 19.4 Å². The summed E-state index contributed by atoms with van der Waals surface area (Å²) in [6, 6.07) is 0. The standard InChI is InChI=1S/C10H18N2O3/c13-8-5-12(6-9(8)14)10(15)7-2-1-3-11-4-7/h7-9,11,13-14H,1-6H2/t7-,8-,9+/m0/s1. The summed E-state index contributed by atoms with van der Waals surface area (Å²) < 4.78 is 0. The van der Waals surface area contributed by atoms with E-state index >= 15 is 0 Å². The number of rotatable bonds is 1. The fraction of sp³-hybridized carbons (Fsp3) is 0.900. The molecule has 0 aromatic carbocycles. The first-order valence-electron chi connectivity index (χ1n) is 5.54. The largest absolute Gasteiger partial charge is 0.388 e. The molecule has 15 heavy (non-hydrogen) atoms. The molecule has 0 spiro atoms. The van der Waals surface area contributed by atoms with Crippen molar-refractivity contribution < 1.29 is 15.0 Å². The second kappa shape index (κ2) is 4.47. The van der Waals surface area contributed by atoms with Crippen molar-refractivity contribution in [3.05, 3.63) is 0 Å². The highest BCUT2D eigenvalue weighted by Crippen LogP contribution is 2.18. The summed E-state index contributed by atoms with van der Waals surface area (Å²) in [5.74, 6) is 0.0917. The molecular weight excluding hydrogens is 196 g/mol. The predicted molar refractivity (Wildman–Crippen MR) is 54.2 cm³/mol. The minimum atomic E-state index is -0.773. The molecule has 0 bridgehead atoms. The van der Waals surface area contributed by atoms with Crippen LogP contribution in [-0.4, -0.2) is 59.4 Å². The van der Waals surface area contributed by atoms with E-state index in [-0.39, 0.29) is 24.9 Å². The van der Waals surface area contributed by atoms with Crippen LogP contribution in [0.1, 0.15) is 12.8 Å². The summed E-state index contributed by atoms with van der Waals surface area (Å²) in [5, 5.41) is 21.9. The molecule has 3 N–H and O–H groups in total. The van der Waals surface area contributed by atoms with Gasteiger partial charge in [-0.1, -0.05) is 0 Å². The zero-order valence-electron chi connectivity index (χ0n) is 8.72. The molecule has 0 aromatic heterocycles. The highest BCUT2D eigenvalue weighted by Gasteiger charge is 2.35. The van der Waals surface area contributed by atoms with Crippen molar-refractivity contribution >= 4 is 5.91 Å². The molecule has 2 fully saturated rings. The quantitative estimate of drug-likeness (QED) is 0.499. The molecule has 0 aromatic rings. The average Bonchev–Trinajstić information content (AvgIpc) is 2.59. The minimum absolute atomic E-state index is 0.0243. The molecule has 86 valence electrons. The summed E-state index contributed by atoms with van der Waals surface area (Å²) in [7, 11) is 0. The first-order valence-corrected chi connectivity index (χ1v) is 5.54. The van der Waals surface area contributed by atoms with Gasteiger partial charge in [-0.2, -0.15) is 0 Å². The number of β-amino-alcohol motifs (C(OH)–C–C–N with tert-alkyl or cyclic N) is 2. The van der Waals surface area contributed by atoms with E-state index in [1.54, 1.807) is 4.90 Å². The van der Waals surface area contributed by atoms with E-state index in [4.69, 9.17) is 0 Å². The third-order valence-corrected chi connectivity index (χ3v) is 3.22. The maximum atomic E-state index is 12.0. The number of carbonyl (C=O) groups excluding carboxylic acids is 1. The van der Waals surface area contributed by atoms with Crippen molar-refractivity contribution in [1.82, 2.24) is 10.2 Å². The lowest BCUT2D eigenvalue weighted by atomic mass is 9.98. The van der Waals surface area contributed by atoms with Gasteiger partial charge in [-0.3, -0.25) is 4.79 Å². The Morgan fingerprint density at radius 1 is 1.27 bits per heavy atom. The summed E-state index contributed by atoms with van der Waals surface area (Å²) >= 11 is 0. The van der Waals surface area contributed by atoms with Crippen LogP contribution in [0.15, 0.2) is 0 Å². The Balaban J connectivity index is 1.90. The number of aliphatic hydroxyl groups is 2. The van der Waals surface area contributed by atoms with E-state index in [2.05, 4.69) is 5.32 Å². The summed E-state index contributed by atoms with van der Waals surface area (Å²) in [4.78, 5) is 13.5. The molecule has 1 amide bonds. The molecule has 5 nitrogen and oxygen atoms in total. The number of nitrogens with zero attached hydrogens (tertiary/aromatic N) is 1. The summed E-state index contributed by atoms with van der Waals surface area (Å²) in [6.07, 6.45) is 0.389. The highest BCUT2D eigenvalue weighted by atomic mass is 16.3. The number of amides is 1. The van der Waals surface area contributed by atoms with E-state index in [1.807, 2.05) is 0 Å². The van der Waals surface area contributed by atoms with Crippen LogP contribution in [0, 0.1) is 5.92 Å². The van der Waals surface area contributed by atoms with Gasteiger partial charge in [0.2, 0.25) is 5.91 Å². The van der Waals surface area contributed by atoms with E-state index in [0.29, 0.717) is 0 Å². The van der Waals surface area contributed by atoms with E-state index in [9.17, 15) is 15.0 Å². The Kier molecular flexibility index (Phi) is 3.23. The highest BCUT2D eigenvalue weighted by molar-refractivity contribution is 5.79. The Hall–Kier alpha value is -0.650. The lowest BCUT2D eigenvalue weighted by Crippen LogP contribution is -2.42. The van der Waals surface area contributed by atoms with Gasteiger partial charge in [0.05, 0.1) is 18.1 Å². The molecule has 3 atom stereocenters. The predicted octanol–water partition coefficient (Wildman–Crippen LogP) is -1.45. The monoisotopic (exact) mass is 214 g/mol. The fourth-order valence-electron chi connectivity index (χ4n) is 2.27. The zero-order valence-corrected chi connectivity index (χ0v) is 8.72. The van der Waals surface area contributed by atoms with Crippen LogP contribution in [0.4, 0.5) is 0 Å². The van der Waals surface area contributed by atoms with Crippen molar-refractivity contribution in [2.75, 3.05) is 26.2 Å². The molecule has 2 saturated heterocycles.